The fourth-order valence-corrected chi connectivity index (χ4v) is 1.74. The lowest BCUT2D eigenvalue weighted by molar-refractivity contribution is 0.103. The largest absolute Gasteiger partial charge is 0.378 e. The topological polar surface area (TPSA) is 33.3 Å². The molecular formula is C10H22N2O. The monoisotopic (exact) mass is 186 g/mol. The van der Waals surface area contributed by atoms with Crippen LogP contribution >= 0.6 is 0 Å². The summed E-state index contributed by atoms with van der Waals surface area (Å²) in [5.41, 5.74) is 0. The molecule has 0 amide bonds. The SMILES string of the molecule is CNCC(C)NCCC1CCCO1. The predicted molar refractivity (Wildman–Crippen MR) is 55.0 cm³/mol. The molecule has 0 aromatic carbocycles. The number of nitrogens with one attached hydrogen (secondary N) is 2. The summed E-state index contributed by atoms with van der Waals surface area (Å²) in [6, 6.07) is 0.561. The second kappa shape index (κ2) is 6.35. The standard InChI is InChI=1S/C10H22N2O/c1-9(8-11-2)12-6-5-10-4-3-7-13-10/h9-12H,3-8H2,1-2H3. The van der Waals surface area contributed by atoms with Crippen LogP contribution in [-0.4, -0.2) is 38.9 Å². The van der Waals surface area contributed by atoms with Crippen molar-refractivity contribution in [2.75, 3.05) is 26.7 Å². The molecule has 0 aromatic rings. The van der Waals surface area contributed by atoms with Crippen LogP contribution in [0.25, 0.3) is 0 Å². The Kier molecular flexibility index (Phi) is 5.35. The molecule has 2 N–H and O–H groups in total. The Balaban J connectivity index is 1.93. The summed E-state index contributed by atoms with van der Waals surface area (Å²) in [5, 5.41) is 6.62. The van der Waals surface area contributed by atoms with Crippen molar-refractivity contribution in [1.29, 1.82) is 0 Å². The molecular weight excluding hydrogens is 164 g/mol. The molecule has 1 heterocycles. The molecule has 1 saturated heterocycles. The van der Waals surface area contributed by atoms with Gasteiger partial charge in [0.2, 0.25) is 0 Å². The number of likely N-dealkylation sites (N-methyl/N-ethyl adjacent to an activating group) is 1. The molecule has 1 rings (SSSR count). The third kappa shape index (κ3) is 4.60. The van der Waals surface area contributed by atoms with Gasteiger partial charge < -0.3 is 15.4 Å². The van der Waals surface area contributed by atoms with Crippen molar-refractivity contribution in [3.05, 3.63) is 0 Å². The average molecular weight is 186 g/mol. The van der Waals surface area contributed by atoms with Crippen molar-refractivity contribution in [2.45, 2.75) is 38.3 Å². The van der Waals surface area contributed by atoms with Gasteiger partial charge in [0.15, 0.2) is 0 Å². The molecule has 13 heavy (non-hydrogen) atoms. The summed E-state index contributed by atoms with van der Waals surface area (Å²) >= 11 is 0. The van der Waals surface area contributed by atoms with E-state index in [-0.39, 0.29) is 0 Å². The minimum absolute atomic E-state index is 0.522. The van der Waals surface area contributed by atoms with Crippen LogP contribution in [0.15, 0.2) is 0 Å². The highest BCUT2D eigenvalue weighted by atomic mass is 16.5. The lowest BCUT2D eigenvalue weighted by Gasteiger charge is -2.15. The van der Waals surface area contributed by atoms with Gasteiger partial charge in [-0.3, -0.25) is 0 Å². The first-order valence-electron chi connectivity index (χ1n) is 5.32. The van der Waals surface area contributed by atoms with E-state index in [9.17, 15) is 0 Å². The van der Waals surface area contributed by atoms with E-state index in [1.54, 1.807) is 0 Å². The van der Waals surface area contributed by atoms with E-state index in [4.69, 9.17) is 4.74 Å². The van der Waals surface area contributed by atoms with Crippen molar-refractivity contribution >= 4 is 0 Å². The fourth-order valence-electron chi connectivity index (χ4n) is 1.74. The number of hydrogen-bond donors (Lipinski definition) is 2. The van der Waals surface area contributed by atoms with Gasteiger partial charge in [0.25, 0.3) is 0 Å². The van der Waals surface area contributed by atoms with E-state index < -0.39 is 0 Å². The highest BCUT2D eigenvalue weighted by Crippen LogP contribution is 2.14. The van der Waals surface area contributed by atoms with Gasteiger partial charge in [-0.2, -0.15) is 0 Å². The average Bonchev–Trinajstić information content (AvgIpc) is 2.57. The van der Waals surface area contributed by atoms with Crippen molar-refractivity contribution in [1.82, 2.24) is 10.6 Å². The third-order valence-electron chi connectivity index (χ3n) is 2.49. The highest BCUT2D eigenvalue weighted by Gasteiger charge is 2.14. The predicted octanol–water partition coefficient (Wildman–Crippen LogP) is 0.753. The van der Waals surface area contributed by atoms with Gasteiger partial charge in [-0.15, -0.1) is 0 Å². The Labute approximate surface area is 81.2 Å². The molecule has 3 nitrogen and oxygen atoms in total. The molecule has 0 aromatic heterocycles. The summed E-state index contributed by atoms with van der Waals surface area (Å²) in [6.45, 7) is 5.28. The molecule has 3 heteroatoms. The van der Waals surface area contributed by atoms with Crippen molar-refractivity contribution < 1.29 is 4.74 Å². The minimum Gasteiger partial charge on any atom is -0.378 e. The van der Waals surface area contributed by atoms with Crippen molar-refractivity contribution in [3.8, 4) is 0 Å². The van der Waals surface area contributed by atoms with Gasteiger partial charge in [-0.25, -0.2) is 0 Å². The third-order valence-corrected chi connectivity index (χ3v) is 2.49. The highest BCUT2D eigenvalue weighted by molar-refractivity contribution is 4.68. The summed E-state index contributed by atoms with van der Waals surface area (Å²) < 4.78 is 5.54. The van der Waals surface area contributed by atoms with Crippen LogP contribution in [0.5, 0.6) is 0 Å². The van der Waals surface area contributed by atoms with E-state index in [0.717, 1.165) is 26.1 Å². The van der Waals surface area contributed by atoms with E-state index >= 15 is 0 Å². The summed E-state index contributed by atoms with van der Waals surface area (Å²) in [5.74, 6) is 0. The van der Waals surface area contributed by atoms with Crippen LogP contribution < -0.4 is 10.6 Å². The molecule has 0 radical (unpaired) electrons. The molecule has 78 valence electrons. The van der Waals surface area contributed by atoms with Crippen molar-refractivity contribution in [3.63, 3.8) is 0 Å². The maximum Gasteiger partial charge on any atom is 0.0588 e. The summed E-state index contributed by atoms with van der Waals surface area (Å²) in [4.78, 5) is 0. The van der Waals surface area contributed by atoms with Crippen LogP contribution in [0.2, 0.25) is 0 Å². The Morgan fingerprint density at radius 2 is 2.38 bits per heavy atom. The Hall–Kier alpha value is -0.120. The number of rotatable bonds is 6. The molecule has 2 unspecified atom stereocenters. The summed E-state index contributed by atoms with van der Waals surface area (Å²) in [6.07, 6.45) is 4.18. The summed E-state index contributed by atoms with van der Waals surface area (Å²) in [7, 11) is 1.98. The molecule has 0 bridgehead atoms. The Morgan fingerprint density at radius 3 is 3.00 bits per heavy atom. The second-order valence-electron chi connectivity index (χ2n) is 3.84. The maximum absolute atomic E-state index is 5.54. The van der Waals surface area contributed by atoms with Gasteiger partial charge in [0, 0.05) is 19.2 Å². The van der Waals surface area contributed by atoms with Crippen molar-refractivity contribution in [2.24, 2.45) is 0 Å². The zero-order chi connectivity index (χ0) is 9.52. The maximum atomic E-state index is 5.54. The normalized spacial score (nSPS) is 24.9. The fraction of sp³-hybridized carbons (Fsp3) is 1.00. The van der Waals surface area contributed by atoms with Gasteiger partial charge in [-0.1, -0.05) is 0 Å². The molecule has 1 aliphatic heterocycles. The van der Waals surface area contributed by atoms with E-state index in [1.165, 1.54) is 12.8 Å². The lowest BCUT2D eigenvalue weighted by Crippen LogP contribution is -2.36. The minimum atomic E-state index is 0.522. The Morgan fingerprint density at radius 1 is 1.54 bits per heavy atom. The molecule has 0 aliphatic carbocycles. The zero-order valence-electron chi connectivity index (χ0n) is 8.81. The smallest absolute Gasteiger partial charge is 0.0588 e. The number of ether oxygens (including phenoxy) is 1. The first-order chi connectivity index (χ1) is 6.33. The van der Waals surface area contributed by atoms with E-state index in [2.05, 4.69) is 17.6 Å². The van der Waals surface area contributed by atoms with Crippen LogP contribution in [0.4, 0.5) is 0 Å². The van der Waals surface area contributed by atoms with Gasteiger partial charge in [0.1, 0.15) is 0 Å². The molecule has 2 atom stereocenters. The second-order valence-corrected chi connectivity index (χ2v) is 3.84. The first kappa shape index (κ1) is 11.0. The molecule has 1 aliphatic rings. The molecule has 0 saturated carbocycles. The van der Waals surface area contributed by atoms with Crippen LogP contribution in [0.3, 0.4) is 0 Å². The lowest BCUT2D eigenvalue weighted by atomic mass is 10.2. The zero-order valence-corrected chi connectivity index (χ0v) is 8.81. The van der Waals surface area contributed by atoms with Gasteiger partial charge in [0.05, 0.1) is 6.10 Å². The van der Waals surface area contributed by atoms with Gasteiger partial charge in [-0.05, 0) is 39.8 Å². The first-order valence-corrected chi connectivity index (χ1v) is 5.32. The number of hydrogen-bond acceptors (Lipinski definition) is 3. The van der Waals surface area contributed by atoms with Crippen LogP contribution in [0, 0.1) is 0 Å². The van der Waals surface area contributed by atoms with E-state index in [1.807, 2.05) is 7.05 Å². The molecule has 0 spiro atoms. The van der Waals surface area contributed by atoms with Crippen LogP contribution in [0.1, 0.15) is 26.2 Å². The van der Waals surface area contributed by atoms with E-state index in [0.29, 0.717) is 12.1 Å². The van der Waals surface area contributed by atoms with Crippen LogP contribution in [-0.2, 0) is 4.74 Å². The quantitative estimate of drug-likeness (QED) is 0.642. The molecule has 1 fully saturated rings. The van der Waals surface area contributed by atoms with Gasteiger partial charge >= 0.3 is 0 Å². The Bertz CT molecular complexity index is 124.